The van der Waals surface area contributed by atoms with Gasteiger partial charge in [-0.2, -0.15) is 15.5 Å². The number of nitrogens with two attached hydrogens (primary N) is 1. The summed E-state index contributed by atoms with van der Waals surface area (Å²) < 4.78 is 23.8. The van der Waals surface area contributed by atoms with E-state index >= 15 is 0 Å². The zero-order valence-electron chi connectivity index (χ0n) is 17.8. The Hall–Kier alpha value is -4.19. The van der Waals surface area contributed by atoms with Gasteiger partial charge < -0.3 is 10.5 Å². The number of halogens is 1. The third-order valence-corrected chi connectivity index (χ3v) is 5.72. The lowest BCUT2D eigenvalue weighted by Gasteiger charge is -2.20. The molecule has 0 spiro atoms. The summed E-state index contributed by atoms with van der Waals surface area (Å²) in [6.45, 7) is 1.83. The molecule has 1 unspecified atom stereocenters. The van der Waals surface area contributed by atoms with E-state index in [0.717, 1.165) is 22.5 Å². The summed E-state index contributed by atoms with van der Waals surface area (Å²) in [5, 5.41) is 18.8. The first kappa shape index (κ1) is 19.8. The van der Waals surface area contributed by atoms with E-state index in [2.05, 4.69) is 21.3 Å². The summed E-state index contributed by atoms with van der Waals surface area (Å²) in [7, 11) is 3.64. The summed E-state index contributed by atoms with van der Waals surface area (Å²) in [4.78, 5) is 4.28. The lowest BCUT2D eigenvalue weighted by molar-refractivity contribution is 0.227. The number of hydrogen-bond donors (Lipinski definition) is 1. The second-order valence-corrected chi connectivity index (χ2v) is 7.86. The second-order valence-electron chi connectivity index (χ2n) is 7.86. The molecule has 2 N–H and O–H groups in total. The molecule has 0 aliphatic carbocycles. The van der Waals surface area contributed by atoms with Crippen molar-refractivity contribution in [1.82, 2.24) is 24.5 Å². The average Bonchev–Trinajstić information content (AvgIpc) is 3.28. The number of nitrogens with zero attached hydrogens (tertiary/aromatic N) is 6. The van der Waals surface area contributed by atoms with Crippen LogP contribution in [0, 0.1) is 17.1 Å². The van der Waals surface area contributed by atoms with Crippen LogP contribution in [-0.4, -0.2) is 24.5 Å². The number of nitrogen functional groups attached to an aromatic ring is 1. The Kier molecular flexibility index (Phi) is 4.44. The van der Waals surface area contributed by atoms with E-state index in [1.807, 2.05) is 20.2 Å². The second kappa shape index (κ2) is 7.20. The van der Waals surface area contributed by atoms with E-state index in [9.17, 15) is 9.65 Å². The van der Waals surface area contributed by atoms with E-state index in [1.54, 1.807) is 34.7 Å². The van der Waals surface area contributed by atoms with Gasteiger partial charge in [-0.25, -0.2) is 9.37 Å². The Morgan fingerprint density at radius 2 is 2.06 bits per heavy atom. The van der Waals surface area contributed by atoms with Crippen molar-refractivity contribution in [1.29, 1.82) is 5.26 Å². The summed E-state index contributed by atoms with van der Waals surface area (Å²) >= 11 is 0. The molecule has 2 bridgehead atoms. The minimum absolute atomic E-state index is 0.207. The highest BCUT2D eigenvalue weighted by Crippen LogP contribution is 2.39. The lowest BCUT2D eigenvalue weighted by Crippen LogP contribution is -2.09. The van der Waals surface area contributed by atoms with Crippen LogP contribution in [0.25, 0.3) is 22.4 Å². The first-order valence-electron chi connectivity index (χ1n) is 10.1. The number of aryl methyl sites for hydroxylation is 2. The van der Waals surface area contributed by atoms with Crippen molar-refractivity contribution >= 4 is 5.82 Å². The molecule has 4 aromatic rings. The molecular weight excluding hydrogens is 409 g/mol. The highest BCUT2D eigenvalue weighted by molar-refractivity contribution is 5.75. The molecule has 160 valence electrons. The zero-order valence-corrected chi connectivity index (χ0v) is 17.8. The molecule has 0 fully saturated rings. The van der Waals surface area contributed by atoms with Crippen LogP contribution in [0.4, 0.5) is 10.2 Å². The van der Waals surface area contributed by atoms with Gasteiger partial charge in [0.25, 0.3) is 0 Å². The Morgan fingerprint density at radius 1 is 1.25 bits per heavy atom. The van der Waals surface area contributed by atoms with Gasteiger partial charge in [-0.1, -0.05) is 0 Å². The molecule has 5 rings (SSSR count). The highest BCUT2D eigenvalue weighted by Gasteiger charge is 2.26. The maximum absolute atomic E-state index is 14.2. The fraction of sp³-hybridized carbons (Fsp3) is 0.217. The summed E-state index contributed by atoms with van der Waals surface area (Å²) in [6.07, 6.45) is 3.47. The van der Waals surface area contributed by atoms with E-state index in [-0.39, 0.29) is 17.3 Å². The van der Waals surface area contributed by atoms with Crippen molar-refractivity contribution in [3.63, 3.8) is 0 Å². The number of aromatic nitrogens is 5. The van der Waals surface area contributed by atoms with Crippen molar-refractivity contribution in [2.24, 2.45) is 14.1 Å². The largest absolute Gasteiger partial charge is 0.482 e. The Morgan fingerprint density at radius 3 is 2.84 bits per heavy atom. The molecule has 8 nitrogen and oxygen atoms in total. The lowest BCUT2D eigenvalue weighted by atomic mass is 9.94. The standard InChI is InChI=1S/C23H20FN7O/c1-12-17-8-15(24)4-5-16(17)22-14(11-30(2)29-22)6-19-21(18(9-25)28-31(19)3)13-7-20(32-12)23(26)27-10-13/h4-5,7-8,10-12H,6H2,1-3H3,(H2,26,27). The van der Waals surface area contributed by atoms with E-state index in [0.29, 0.717) is 28.9 Å². The number of benzene rings is 1. The Labute approximate surface area is 183 Å². The van der Waals surface area contributed by atoms with Gasteiger partial charge in [-0.05, 0) is 31.2 Å². The van der Waals surface area contributed by atoms with Crippen molar-refractivity contribution in [2.45, 2.75) is 19.4 Å². The topological polar surface area (TPSA) is 108 Å². The molecule has 1 aromatic carbocycles. The van der Waals surface area contributed by atoms with Crippen LogP contribution >= 0.6 is 0 Å². The molecule has 32 heavy (non-hydrogen) atoms. The van der Waals surface area contributed by atoms with E-state index < -0.39 is 6.10 Å². The number of nitriles is 1. The van der Waals surface area contributed by atoms with Crippen LogP contribution in [0.3, 0.4) is 0 Å². The summed E-state index contributed by atoms with van der Waals surface area (Å²) in [5.74, 6) is 0.194. The smallest absolute Gasteiger partial charge is 0.170 e. The van der Waals surface area contributed by atoms with Crippen molar-refractivity contribution in [3.8, 4) is 34.2 Å². The summed E-state index contributed by atoms with van der Waals surface area (Å²) in [6, 6.07) is 8.52. The van der Waals surface area contributed by atoms with Gasteiger partial charge in [0.1, 0.15) is 18.0 Å². The van der Waals surface area contributed by atoms with Crippen LogP contribution in [0.5, 0.6) is 5.75 Å². The molecule has 0 saturated heterocycles. The Bertz CT molecular complexity index is 1410. The monoisotopic (exact) mass is 429 g/mol. The van der Waals surface area contributed by atoms with Gasteiger partial charge in [0.05, 0.1) is 11.4 Å². The highest BCUT2D eigenvalue weighted by atomic mass is 19.1. The molecule has 3 aromatic heterocycles. The number of pyridine rings is 1. The molecule has 1 aliphatic rings. The maximum atomic E-state index is 14.2. The van der Waals surface area contributed by atoms with Gasteiger partial charge in [-0.15, -0.1) is 0 Å². The number of ether oxygens (including phenoxy) is 1. The van der Waals surface area contributed by atoms with Crippen LogP contribution < -0.4 is 10.5 Å². The third-order valence-electron chi connectivity index (χ3n) is 5.72. The molecular formula is C23H20FN7O. The summed E-state index contributed by atoms with van der Waals surface area (Å²) in [5.41, 5.74) is 11.6. The van der Waals surface area contributed by atoms with Crippen molar-refractivity contribution in [3.05, 3.63) is 65.0 Å². The fourth-order valence-electron chi connectivity index (χ4n) is 4.24. The first-order chi connectivity index (χ1) is 15.4. The molecule has 0 saturated carbocycles. The van der Waals surface area contributed by atoms with Gasteiger partial charge in [0.2, 0.25) is 0 Å². The Balaban J connectivity index is 1.85. The van der Waals surface area contributed by atoms with Crippen LogP contribution in [0.1, 0.15) is 35.5 Å². The molecule has 0 amide bonds. The zero-order chi connectivity index (χ0) is 22.6. The number of rotatable bonds is 0. The van der Waals surface area contributed by atoms with Gasteiger partial charge in [0.15, 0.2) is 17.3 Å². The van der Waals surface area contributed by atoms with Crippen molar-refractivity contribution in [2.75, 3.05) is 5.73 Å². The molecule has 1 aliphatic heterocycles. The van der Waals surface area contributed by atoms with Crippen LogP contribution in [0.15, 0.2) is 36.7 Å². The quantitative estimate of drug-likeness (QED) is 0.458. The van der Waals surface area contributed by atoms with Crippen LogP contribution in [0.2, 0.25) is 0 Å². The molecule has 1 atom stereocenters. The fourth-order valence-corrected chi connectivity index (χ4v) is 4.24. The van der Waals surface area contributed by atoms with Gasteiger partial charge in [-0.3, -0.25) is 9.36 Å². The predicted molar refractivity (Wildman–Crippen MR) is 116 cm³/mol. The third kappa shape index (κ3) is 3.08. The van der Waals surface area contributed by atoms with Crippen LogP contribution in [-0.2, 0) is 20.5 Å². The van der Waals surface area contributed by atoms with E-state index in [1.165, 1.54) is 12.1 Å². The normalized spacial score (nSPS) is 14.8. The molecule has 0 radical (unpaired) electrons. The van der Waals surface area contributed by atoms with E-state index in [4.69, 9.17) is 10.5 Å². The van der Waals surface area contributed by atoms with Crippen molar-refractivity contribution < 1.29 is 9.13 Å². The van der Waals surface area contributed by atoms with Gasteiger partial charge >= 0.3 is 0 Å². The maximum Gasteiger partial charge on any atom is 0.170 e. The van der Waals surface area contributed by atoms with Gasteiger partial charge in [0, 0.05) is 60.7 Å². The number of anilines is 1. The number of hydrogen-bond acceptors (Lipinski definition) is 6. The first-order valence-corrected chi connectivity index (χ1v) is 10.1. The predicted octanol–water partition coefficient (Wildman–Crippen LogP) is 3.52. The molecule has 4 heterocycles. The SMILES string of the molecule is CC1Oc2cc(cnc2N)-c2c(C#N)nn(C)c2Cc2cn(C)nc2-c2ccc(F)cc21. The average molecular weight is 429 g/mol. The minimum Gasteiger partial charge on any atom is -0.482 e. The molecule has 9 heteroatoms. The minimum atomic E-state index is -0.530. The number of fused-ring (bicyclic) bond motifs is 7.